The summed E-state index contributed by atoms with van der Waals surface area (Å²) >= 11 is 0. The Bertz CT molecular complexity index is 979. The second-order valence-electron chi connectivity index (χ2n) is 7.09. The average molecular weight is 386 g/mol. The van der Waals surface area contributed by atoms with Gasteiger partial charge in [0.1, 0.15) is 12.4 Å². The Hall–Kier alpha value is -3.60. The standard InChI is InChI=1S/C24H22N2O3/c27-23(25-20-12-14-21(15-13-20)26-24(28)19-10-11-19)18-8-6-17(7-9-18)16-29-22-4-2-1-3-5-22/h1-9,12-15,19H,10-11,16H2,(H,25,27)(H,26,28). The molecule has 0 heterocycles. The van der Waals surface area contributed by atoms with E-state index >= 15 is 0 Å². The van der Waals surface area contributed by atoms with Crippen LogP contribution >= 0.6 is 0 Å². The van der Waals surface area contributed by atoms with Gasteiger partial charge >= 0.3 is 0 Å². The third kappa shape index (κ3) is 5.23. The number of hydrogen-bond acceptors (Lipinski definition) is 3. The van der Waals surface area contributed by atoms with Crippen molar-refractivity contribution in [3.05, 3.63) is 90.0 Å². The quantitative estimate of drug-likeness (QED) is 0.609. The zero-order valence-electron chi connectivity index (χ0n) is 15.9. The van der Waals surface area contributed by atoms with E-state index in [1.807, 2.05) is 42.5 Å². The number of benzene rings is 3. The number of ether oxygens (including phenoxy) is 1. The molecular formula is C24H22N2O3. The highest BCUT2D eigenvalue weighted by molar-refractivity contribution is 6.04. The van der Waals surface area contributed by atoms with Crippen LogP contribution in [0.2, 0.25) is 0 Å². The molecule has 0 atom stereocenters. The van der Waals surface area contributed by atoms with Gasteiger partial charge in [0.15, 0.2) is 0 Å². The molecule has 2 amide bonds. The van der Waals surface area contributed by atoms with E-state index in [9.17, 15) is 9.59 Å². The van der Waals surface area contributed by atoms with E-state index in [0.717, 1.165) is 29.8 Å². The fourth-order valence-electron chi connectivity index (χ4n) is 2.87. The lowest BCUT2D eigenvalue weighted by Crippen LogP contribution is -2.14. The molecule has 1 aliphatic rings. The number of amides is 2. The second-order valence-corrected chi connectivity index (χ2v) is 7.09. The van der Waals surface area contributed by atoms with Gasteiger partial charge in [-0.05, 0) is 66.9 Å². The van der Waals surface area contributed by atoms with E-state index in [-0.39, 0.29) is 17.7 Å². The van der Waals surface area contributed by atoms with E-state index < -0.39 is 0 Å². The van der Waals surface area contributed by atoms with Gasteiger partial charge in [-0.2, -0.15) is 0 Å². The summed E-state index contributed by atoms with van der Waals surface area (Å²) in [5, 5.41) is 5.75. The van der Waals surface area contributed by atoms with Gasteiger partial charge in [0.2, 0.25) is 5.91 Å². The van der Waals surface area contributed by atoms with Crippen LogP contribution in [-0.4, -0.2) is 11.8 Å². The first-order valence-corrected chi connectivity index (χ1v) is 9.66. The largest absolute Gasteiger partial charge is 0.489 e. The van der Waals surface area contributed by atoms with Gasteiger partial charge in [0.05, 0.1) is 0 Å². The molecule has 0 aromatic heterocycles. The Morgan fingerprint density at radius 1 is 0.793 bits per heavy atom. The maximum absolute atomic E-state index is 12.5. The van der Waals surface area contributed by atoms with E-state index in [1.54, 1.807) is 36.4 Å². The lowest BCUT2D eigenvalue weighted by atomic mass is 10.1. The van der Waals surface area contributed by atoms with Crippen LogP contribution in [0.3, 0.4) is 0 Å². The molecule has 29 heavy (non-hydrogen) atoms. The molecule has 5 heteroatoms. The van der Waals surface area contributed by atoms with Gasteiger partial charge in [0.25, 0.3) is 5.91 Å². The van der Waals surface area contributed by atoms with Crippen molar-refractivity contribution in [2.24, 2.45) is 5.92 Å². The molecular weight excluding hydrogens is 364 g/mol. The van der Waals surface area contributed by atoms with Crippen molar-refractivity contribution in [1.82, 2.24) is 0 Å². The molecule has 5 nitrogen and oxygen atoms in total. The van der Waals surface area contributed by atoms with E-state index in [0.29, 0.717) is 17.9 Å². The molecule has 0 aliphatic heterocycles. The summed E-state index contributed by atoms with van der Waals surface area (Å²) < 4.78 is 5.71. The SMILES string of the molecule is O=C(Nc1ccc(NC(=O)C2CC2)cc1)c1ccc(COc2ccccc2)cc1. The molecule has 0 radical (unpaired) electrons. The van der Waals surface area contributed by atoms with Gasteiger partial charge in [-0.3, -0.25) is 9.59 Å². The third-order valence-corrected chi connectivity index (χ3v) is 4.72. The number of hydrogen-bond donors (Lipinski definition) is 2. The molecule has 1 aliphatic carbocycles. The van der Waals surface area contributed by atoms with Crippen molar-refractivity contribution in [3.8, 4) is 5.75 Å². The summed E-state index contributed by atoms with van der Waals surface area (Å²) in [4.78, 5) is 24.2. The first kappa shape index (κ1) is 18.7. The molecule has 0 saturated heterocycles. The molecule has 146 valence electrons. The smallest absolute Gasteiger partial charge is 0.255 e. The van der Waals surface area contributed by atoms with E-state index in [2.05, 4.69) is 10.6 Å². The van der Waals surface area contributed by atoms with Crippen molar-refractivity contribution in [2.45, 2.75) is 19.4 Å². The maximum Gasteiger partial charge on any atom is 0.255 e. The topological polar surface area (TPSA) is 67.4 Å². The van der Waals surface area contributed by atoms with Crippen LogP contribution in [0.25, 0.3) is 0 Å². The average Bonchev–Trinajstić information content (AvgIpc) is 3.60. The van der Waals surface area contributed by atoms with Crippen molar-refractivity contribution in [1.29, 1.82) is 0 Å². The van der Waals surface area contributed by atoms with Crippen LogP contribution in [-0.2, 0) is 11.4 Å². The van der Waals surface area contributed by atoms with Gasteiger partial charge in [-0.15, -0.1) is 0 Å². The van der Waals surface area contributed by atoms with Crippen LogP contribution in [0.5, 0.6) is 5.75 Å². The number of nitrogens with one attached hydrogen (secondary N) is 2. The van der Waals surface area contributed by atoms with Crippen LogP contribution in [0.4, 0.5) is 11.4 Å². The molecule has 4 rings (SSSR count). The highest BCUT2D eigenvalue weighted by Gasteiger charge is 2.29. The number of carbonyl (C=O) groups excluding carboxylic acids is 2. The summed E-state index contributed by atoms with van der Waals surface area (Å²) in [5.74, 6) is 0.856. The van der Waals surface area contributed by atoms with Crippen LogP contribution in [0.1, 0.15) is 28.8 Å². The monoisotopic (exact) mass is 386 g/mol. The molecule has 3 aromatic carbocycles. The zero-order chi connectivity index (χ0) is 20.1. The maximum atomic E-state index is 12.5. The highest BCUT2D eigenvalue weighted by atomic mass is 16.5. The van der Waals surface area contributed by atoms with Crippen molar-refractivity contribution in [3.63, 3.8) is 0 Å². The predicted octanol–water partition coefficient (Wildman–Crippen LogP) is 4.87. The number of rotatable bonds is 7. The Kier molecular flexibility index (Phi) is 5.56. The normalized spacial score (nSPS) is 12.8. The highest BCUT2D eigenvalue weighted by Crippen LogP contribution is 2.30. The van der Waals surface area contributed by atoms with Gasteiger partial charge in [0, 0.05) is 22.9 Å². The van der Waals surface area contributed by atoms with Gasteiger partial charge < -0.3 is 15.4 Å². The van der Waals surface area contributed by atoms with Gasteiger partial charge in [-0.1, -0.05) is 30.3 Å². The molecule has 1 saturated carbocycles. The van der Waals surface area contributed by atoms with E-state index in [1.165, 1.54) is 0 Å². The Morgan fingerprint density at radius 2 is 1.41 bits per heavy atom. The van der Waals surface area contributed by atoms with Crippen LogP contribution < -0.4 is 15.4 Å². The lowest BCUT2D eigenvalue weighted by molar-refractivity contribution is -0.117. The minimum atomic E-state index is -0.185. The fraction of sp³-hybridized carbons (Fsp3) is 0.167. The third-order valence-electron chi connectivity index (χ3n) is 4.72. The van der Waals surface area contributed by atoms with Crippen molar-refractivity contribution < 1.29 is 14.3 Å². The molecule has 0 bridgehead atoms. The summed E-state index contributed by atoms with van der Waals surface area (Å²) in [7, 11) is 0. The molecule has 1 fully saturated rings. The minimum Gasteiger partial charge on any atom is -0.489 e. The van der Waals surface area contributed by atoms with Crippen LogP contribution in [0.15, 0.2) is 78.9 Å². The van der Waals surface area contributed by atoms with Crippen molar-refractivity contribution >= 4 is 23.2 Å². The minimum absolute atomic E-state index is 0.0677. The molecule has 3 aromatic rings. The fourth-order valence-corrected chi connectivity index (χ4v) is 2.87. The Labute approximate surface area is 169 Å². The summed E-state index contributed by atoms with van der Waals surface area (Å²) in [6, 6.07) is 24.1. The predicted molar refractivity (Wildman–Crippen MR) is 113 cm³/mol. The Balaban J connectivity index is 1.30. The summed E-state index contributed by atoms with van der Waals surface area (Å²) in [6.07, 6.45) is 1.94. The summed E-state index contributed by atoms with van der Waals surface area (Å²) in [5.41, 5.74) is 2.97. The lowest BCUT2D eigenvalue weighted by Gasteiger charge is -2.09. The van der Waals surface area contributed by atoms with E-state index in [4.69, 9.17) is 4.74 Å². The van der Waals surface area contributed by atoms with Crippen LogP contribution in [0, 0.1) is 5.92 Å². The summed E-state index contributed by atoms with van der Waals surface area (Å²) in [6.45, 7) is 0.444. The number of para-hydroxylation sites is 1. The van der Waals surface area contributed by atoms with Crippen molar-refractivity contribution in [2.75, 3.05) is 10.6 Å². The van der Waals surface area contributed by atoms with Gasteiger partial charge in [-0.25, -0.2) is 0 Å². The number of carbonyl (C=O) groups is 2. The molecule has 0 spiro atoms. The zero-order valence-corrected chi connectivity index (χ0v) is 15.9. The second kappa shape index (κ2) is 8.61. The first-order chi connectivity index (χ1) is 14.2. The molecule has 0 unspecified atom stereocenters. The Morgan fingerprint density at radius 3 is 2.03 bits per heavy atom. The number of anilines is 2. The molecule has 2 N–H and O–H groups in total. The first-order valence-electron chi connectivity index (χ1n) is 9.66.